The molecule has 1 unspecified atom stereocenters. The van der Waals surface area contributed by atoms with E-state index in [2.05, 4.69) is 59.1 Å². The molecule has 1 aromatic heterocycles. The highest BCUT2D eigenvalue weighted by atomic mass is 32.1. The summed E-state index contributed by atoms with van der Waals surface area (Å²) in [6, 6.07) is 10.5. The Morgan fingerprint density at radius 1 is 1.24 bits per heavy atom. The number of benzene rings is 1. The first kappa shape index (κ1) is 19.3. The summed E-state index contributed by atoms with van der Waals surface area (Å²) in [5.41, 5.74) is 2.47. The number of nitrogens with one attached hydrogen (secondary N) is 2. The second-order valence-electron chi connectivity index (χ2n) is 6.05. The summed E-state index contributed by atoms with van der Waals surface area (Å²) in [6.45, 7) is 3.65. The summed E-state index contributed by atoms with van der Waals surface area (Å²) in [7, 11) is 7.65. The van der Waals surface area contributed by atoms with Gasteiger partial charge in [0.05, 0.1) is 19.7 Å². The lowest BCUT2D eigenvalue weighted by Crippen LogP contribution is -2.41. The summed E-state index contributed by atoms with van der Waals surface area (Å²) < 4.78 is 5.52. The zero-order chi connectivity index (χ0) is 18.2. The van der Waals surface area contributed by atoms with Crippen molar-refractivity contribution in [2.24, 2.45) is 4.99 Å². The number of guanidine groups is 1. The maximum atomic E-state index is 5.52. The standard InChI is InChI=1S/C19H28N4OS/c1-14-10-11-25-18(14)13-22-19(20-2)21-12-16(23(3)4)15-8-6-7-9-17(15)24-5/h6-11,16H,12-13H2,1-5H3,(H2,20,21,22). The third-order valence-electron chi connectivity index (χ3n) is 4.19. The lowest BCUT2D eigenvalue weighted by Gasteiger charge is -2.27. The number of aryl methyl sites for hydroxylation is 1. The molecule has 6 heteroatoms. The summed E-state index contributed by atoms with van der Waals surface area (Å²) in [6.07, 6.45) is 0. The Hall–Kier alpha value is -2.05. The fourth-order valence-corrected chi connectivity index (χ4v) is 3.52. The van der Waals surface area contributed by atoms with Crippen LogP contribution in [0.2, 0.25) is 0 Å². The first-order valence-corrected chi connectivity index (χ1v) is 9.21. The van der Waals surface area contributed by atoms with E-state index in [4.69, 9.17) is 4.74 Å². The number of nitrogens with zero attached hydrogens (tertiary/aromatic N) is 2. The molecular weight excluding hydrogens is 332 g/mol. The van der Waals surface area contributed by atoms with Gasteiger partial charge in [-0.1, -0.05) is 18.2 Å². The van der Waals surface area contributed by atoms with Crippen molar-refractivity contribution < 1.29 is 4.74 Å². The Bertz CT molecular complexity index is 696. The maximum absolute atomic E-state index is 5.52. The fourth-order valence-electron chi connectivity index (χ4n) is 2.68. The van der Waals surface area contributed by atoms with Gasteiger partial charge < -0.3 is 20.3 Å². The molecular formula is C19H28N4OS. The van der Waals surface area contributed by atoms with Gasteiger partial charge in [-0.3, -0.25) is 4.99 Å². The second-order valence-corrected chi connectivity index (χ2v) is 7.06. The van der Waals surface area contributed by atoms with Gasteiger partial charge in [-0.2, -0.15) is 0 Å². The minimum Gasteiger partial charge on any atom is -0.496 e. The van der Waals surface area contributed by atoms with Crippen molar-refractivity contribution in [1.82, 2.24) is 15.5 Å². The normalized spacial score (nSPS) is 13.0. The summed E-state index contributed by atoms with van der Waals surface area (Å²) in [5.74, 6) is 1.70. The predicted molar refractivity (Wildman–Crippen MR) is 107 cm³/mol. The number of aliphatic imine (C=N–C) groups is 1. The van der Waals surface area contributed by atoms with Gasteiger partial charge in [0.1, 0.15) is 5.75 Å². The Morgan fingerprint density at radius 3 is 2.60 bits per heavy atom. The van der Waals surface area contributed by atoms with Crippen LogP contribution in [0.1, 0.15) is 22.0 Å². The Balaban J connectivity index is 2.00. The van der Waals surface area contributed by atoms with Gasteiger partial charge in [-0.25, -0.2) is 0 Å². The lowest BCUT2D eigenvalue weighted by atomic mass is 10.0. The molecule has 25 heavy (non-hydrogen) atoms. The number of para-hydroxylation sites is 1. The third-order valence-corrected chi connectivity index (χ3v) is 5.22. The van der Waals surface area contributed by atoms with Crippen molar-refractivity contribution in [3.8, 4) is 5.75 Å². The topological polar surface area (TPSA) is 48.9 Å². The number of rotatable bonds is 7. The molecule has 0 bridgehead atoms. The van der Waals surface area contributed by atoms with Crippen LogP contribution in [-0.4, -0.2) is 45.7 Å². The average molecular weight is 361 g/mol. The highest BCUT2D eigenvalue weighted by molar-refractivity contribution is 7.10. The van der Waals surface area contributed by atoms with Gasteiger partial charge in [0.25, 0.3) is 0 Å². The van der Waals surface area contributed by atoms with Crippen LogP contribution in [-0.2, 0) is 6.54 Å². The molecule has 2 aromatic rings. The van der Waals surface area contributed by atoms with Crippen molar-refractivity contribution in [2.45, 2.75) is 19.5 Å². The molecule has 2 rings (SSSR count). The first-order chi connectivity index (χ1) is 12.1. The van der Waals surface area contributed by atoms with Crippen LogP contribution in [0.25, 0.3) is 0 Å². The zero-order valence-corrected chi connectivity index (χ0v) is 16.5. The molecule has 136 valence electrons. The van der Waals surface area contributed by atoms with E-state index in [0.717, 1.165) is 30.4 Å². The highest BCUT2D eigenvalue weighted by Gasteiger charge is 2.18. The van der Waals surface area contributed by atoms with Crippen LogP contribution in [0.15, 0.2) is 40.7 Å². The summed E-state index contributed by atoms with van der Waals surface area (Å²) in [4.78, 5) is 7.85. The van der Waals surface area contributed by atoms with E-state index in [1.54, 1.807) is 25.5 Å². The summed E-state index contributed by atoms with van der Waals surface area (Å²) in [5, 5.41) is 8.93. The Kier molecular flexibility index (Phi) is 7.28. The van der Waals surface area contributed by atoms with Crippen LogP contribution in [0.3, 0.4) is 0 Å². The van der Waals surface area contributed by atoms with Gasteiger partial charge in [-0.15, -0.1) is 11.3 Å². The summed E-state index contributed by atoms with van der Waals surface area (Å²) >= 11 is 1.76. The molecule has 0 fully saturated rings. The van der Waals surface area contributed by atoms with E-state index in [0.29, 0.717) is 0 Å². The largest absolute Gasteiger partial charge is 0.496 e. The van der Waals surface area contributed by atoms with Crippen LogP contribution < -0.4 is 15.4 Å². The van der Waals surface area contributed by atoms with E-state index < -0.39 is 0 Å². The maximum Gasteiger partial charge on any atom is 0.191 e. The van der Waals surface area contributed by atoms with E-state index in [1.807, 2.05) is 18.2 Å². The first-order valence-electron chi connectivity index (χ1n) is 8.33. The van der Waals surface area contributed by atoms with Crippen molar-refractivity contribution in [3.05, 3.63) is 51.7 Å². The molecule has 0 saturated carbocycles. The molecule has 0 aliphatic rings. The molecule has 1 heterocycles. The van der Waals surface area contributed by atoms with Gasteiger partial charge >= 0.3 is 0 Å². The van der Waals surface area contributed by atoms with Crippen LogP contribution >= 0.6 is 11.3 Å². The quantitative estimate of drug-likeness (QED) is 0.589. The predicted octanol–water partition coefficient (Wildman–Crippen LogP) is 3.03. The van der Waals surface area contributed by atoms with E-state index >= 15 is 0 Å². The highest BCUT2D eigenvalue weighted by Crippen LogP contribution is 2.27. The Morgan fingerprint density at radius 2 is 2.00 bits per heavy atom. The molecule has 0 aliphatic carbocycles. The Labute approximate surface area is 154 Å². The molecule has 1 aromatic carbocycles. The number of ether oxygens (including phenoxy) is 1. The fraction of sp³-hybridized carbons (Fsp3) is 0.421. The molecule has 2 N–H and O–H groups in total. The van der Waals surface area contributed by atoms with Crippen LogP contribution in [0, 0.1) is 6.92 Å². The molecule has 0 saturated heterocycles. The number of thiophene rings is 1. The molecule has 0 amide bonds. The molecule has 1 atom stereocenters. The molecule has 0 aliphatic heterocycles. The monoisotopic (exact) mass is 360 g/mol. The third kappa shape index (κ3) is 5.21. The minimum absolute atomic E-state index is 0.179. The number of hydrogen-bond donors (Lipinski definition) is 2. The van der Waals surface area contributed by atoms with E-state index in [-0.39, 0.29) is 6.04 Å². The smallest absolute Gasteiger partial charge is 0.191 e. The molecule has 5 nitrogen and oxygen atoms in total. The zero-order valence-electron chi connectivity index (χ0n) is 15.7. The lowest BCUT2D eigenvalue weighted by molar-refractivity contribution is 0.287. The van der Waals surface area contributed by atoms with Crippen LogP contribution in [0.5, 0.6) is 5.75 Å². The van der Waals surface area contributed by atoms with Gasteiger partial charge in [-0.05, 0) is 44.1 Å². The van der Waals surface area contributed by atoms with Gasteiger partial charge in [0, 0.05) is 24.0 Å². The van der Waals surface area contributed by atoms with Crippen molar-refractivity contribution in [1.29, 1.82) is 0 Å². The van der Waals surface area contributed by atoms with Crippen molar-refractivity contribution in [2.75, 3.05) is 34.8 Å². The number of methoxy groups -OCH3 is 1. The molecule has 0 spiro atoms. The van der Waals surface area contributed by atoms with Crippen molar-refractivity contribution >= 4 is 17.3 Å². The van der Waals surface area contributed by atoms with Gasteiger partial charge in [0.2, 0.25) is 0 Å². The van der Waals surface area contributed by atoms with E-state index in [9.17, 15) is 0 Å². The van der Waals surface area contributed by atoms with Gasteiger partial charge in [0.15, 0.2) is 5.96 Å². The molecule has 0 radical (unpaired) electrons. The SMILES string of the molecule is CN=C(NCc1sccc1C)NCC(c1ccccc1OC)N(C)C. The average Bonchev–Trinajstić information content (AvgIpc) is 3.03. The van der Waals surface area contributed by atoms with Crippen LogP contribution in [0.4, 0.5) is 0 Å². The van der Waals surface area contributed by atoms with Crippen molar-refractivity contribution in [3.63, 3.8) is 0 Å². The van der Waals surface area contributed by atoms with E-state index in [1.165, 1.54) is 10.4 Å². The number of likely N-dealkylation sites (N-methyl/N-ethyl adjacent to an activating group) is 1. The second kappa shape index (κ2) is 9.44. The minimum atomic E-state index is 0.179. The number of hydrogen-bond acceptors (Lipinski definition) is 4.